The molecule has 0 unspecified atom stereocenters. The number of anilines is 2. The van der Waals surface area contributed by atoms with E-state index in [0.29, 0.717) is 22.1 Å². The van der Waals surface area contributed by atoms with Crippen LogP contribution < -0.4 is 10.6 Å². The molecular formula is C13H11BrClN3O. The third-order valence-electron chi connectivity index (χ3n) is 2.47. The first-order valence-electron chi connectivity index (χ1n) is 5.51. The van der Waals surface area contributed by atoms with Gasteiger partial charge in [0, 0.05) is 17.7 Å². The summed E-state index contributed by atoms with van der Waals surface area (Å²) in [4.78, 5) is 16.3. The summed E-state index contributed by atoms with van der Waals surface area (Å²) in [5.74, 6) is 0.253. The zero-order valence-corrected chi connectivity index (χ0v) is 12.4. The number of pyridine rings is 1. The lowest BCUT2D eigenvalue weighted by atomic mass is 10.2. The topological polar surface area (TPSA) is 54.0 Å². The fraction of sp³-hybridized carbons (Fsp3) is 0.0769. The van der Waals surface area contributed by atoms with Crippen LogP contribution in [0.1, 0.15) is 10.4 Å². The molecule has 0 bridgehead atoms. The van der Waals surface area contributed by atoms with E-state index in [2.05, 4.69) is 31.5 Å². The number of rotatable bonds is 3. The van der Waals surface area contributed by atoms with Crippen LogP contribution in [0.15, 0.2) is 41.0 Å². The number of halogens is 2. The Morgan fingerprint density at radius 1 is 1.37 bits per heavy atom. The van der Waals surface area contributed by atoms with Crippen molar-refractivity contribution in [3.05, 3.63) is 51.6 Å². The van der Waals surface area contributed by atoms with Crippen molar-refractivity contribution in [2.24, 2.45) is 0 Å². The summed E-state index contributed by atoms with van der Waals surface area (Å²) in [6.07, 6.45) is 1.62. The second-order valence-electron chi connectivity index (χ2n) is 3.73. The molecule has 0 radical (unpaired) electrons. The normalized spacial score (nSPS) is 10.1. The maximum atomic E-state index is 12.2. The van der Waals surface area contributed by atoms with Gasteiger partial charge in [-0.05, 0) is 30.3 Å². The lowest BCUT2D eigenvalue weighted by Crippen LogP contribution is -2.15. The molecule has 2 rings (SSSR count). The van der Waals surface area contributed by atoms with Crippen molar-refractivity contribution in [1.29, 1.82) is 0 Å². The Labute approximate surface area is 124 Å². The molecule has 2 aromatic rings. The largest absolute Gasteiger partial charge is 0.372 e. The van der Waals surface area contributed by atoms with E-state index in [1.165, 1.54) is 0 Å². The molecular weight excluding hydrogens is 330 g/mol. The van der Waals surface area contributed by atoms with Gasteiger partial charge in [0.2, 0.25) is 0 Å². The van der Waals surface area contributed by atoms with Gasteiger partial charge in [-0.3, -0.25) is 4.79 Å². The highest BCUT2D eigenvalue weighted by Gasteiger charge is 2.13. The van der Waals surface area contributed by atoms with Crippen LogP contribution in [0.5, 0.6) is 0 Å². The van der Waals surface area contributed by atoms with Crippen molar-refractivity contribution in [3.63, 3.8) is 0 Å². The van der Waals surface area contributed by atoms with Gasteiger partial charge in [-0.15, -0.1) is 0 Å². The second kappa shape index (κ2) is 6.04. The van der Waals surface area contributed by atoms with Crippen LogP contribution in [0.25, 0.3) is 0 Å². The summed E-state index contributed by atoms with van der Waals surface area (Å²) in [6, 6.07) is 8.67. The smallest absolute Gasteiger partial charge is 0.259 e. The van der Waals surface area contributed by atoms with Crippen LogP contribution in [-0.4, -0.2) is 17.9 Å². The van der Waals surface area contributed by atoms with Crippen LogP contribution in [0, 0.1) is 0 Å². The van der Waals surface area contributed by atoms with E-state index in [-0.39, 0.29) is 5.91 Å². The summed E-state index contributed by atoms with van der Waals surface area (Å²) >= 11 is 9.37. The molecule has 0 aliphatic heterocycles. The maximum Gasteiger partial charge on any atom is 0.259 e. The lowest BCUT2D eigenvalue weighted by molar-refractivity contribution is 0.102. The zero-order valence-electron chi connectivity index (χ0n) is 10.1. The van der Waals surface area contributed by atoms with Crippen molar-refractivity contribution in [2.75, 3.05) is 17.7 Å². The third kappa shape index (κ3) is 3.24. The maximum absolute atomic E-state index is 12.2. The Balaban J connectivity index is 2.28. The number of carbonyl (C=O) groups excluding carboxylic acids is 1. The number of benzene rings is 1. The monoisotopic (exact) mass is 339 g/mol. The molecule has 4 nitrogen and oxygen atoms in total. The molecule has 0 spiro atoms. The van der Waals surface area contributed by atoms with Gasteiger partial charge in [0.25, 0.3) is 5.91 Å². The van der Waals surface area contributed by atoms with Crippen molar-refractivity contribution >= 4 is 44.9 Å². The Morgan fingerprint density at radius 3 is 2.89 bits per heavy atom. The third-order valence-corrected chi connectivity index (χ3v) is 3.29. The number of carbonyl (C=O) groups is 1. The number of aromatic nitrogens is 1. The highest BCUT2D eigenvalue weighted by Crippen LogP contribution is 2.26. The lowest BCUT2D eigenvalue weighted by Gasteiger charge is -2.10. The average molecular weight is 341 g/mol. The van der Waals surface area contributed by atoms with Gasteiger partial charge in [-0.1, -0.05) is 27.5 Å². The van der Waals surface area contributed by atoms with E-state index in [9.17, 15) is 4.79 Å². The minimum Gasteiger partial charge on any atom is -0.372 e. The molecule has 1 heterocycles. The number of nitrogens with one attached hydrogen (secondary N) is 2. The van der Waals surface area contributed by atoms with E-state index < -0.39 is 0 Å². The molecule has 0 atom stereocenters. The van der Waals surface area contributed by atoms with Crippen molar-refractivity contribution < 1.29 is 4.79 Å². The molecule has 1 aromatic carbocycles. The summed E-state index contributed by atoms with van der Waals surface area (Å²) < 4.78 is 0.840. The summed E-state index contributed by atoms with van der Waals surface area (Å²) in [6.45, 7) is 0. The Bertz CT molecular complexity index is 619. The molecule has 0 aliphatic rings. The number of nitrogens with zero attached hydrogens (tertiary/aromatic N) is 1. The van der Waals surface area contributed by atoms with Crippen molar-refractivity contribution in [2.45, 2.75) is 0 Å². The van der Waals surface area contributed by atoms with Gasteiger partial charge >= 0.3 is 0 Å². The Hall–Kier alpha value is -1.59. The van der Waals surface area contributed by atoms with Gasteiger partial charge in [-0.2, -0.15) is 0 Å². The Kier molecular flexibility index (Phi) is 4.39. The minimum atomic E-state index is -0.266. The molecule has 0 saturated carbocycles. The number of amides is 1. The standard InChI is InChI=1S/C13H11BrClN3O/c1-16-12-9(3-2-6-17-12)13(19)18-11-7-8(14)4-5-10(11)15/h2-7H,1H3,(H,16,17)(H,18,19). The second-order valence-corrected chi connectivity index (χ2v) is 5.05. The Morgan fingerprint density at radius 2 is 2.16 bits per heavy atom. The van der Waals surface area contributed by atoms with E-state index in [1.54, 1.807) is 43.6 Å². The van der Waals surface area contributed by atoms with Crippen LogP contribution in [0.3, 0.4) is 0 Å². The summed E-state index contributed by atoms with van der Waals surface area (Å²) in [7, 11) is 1.71. The van der Waals surface area contributed by atoms with Crippen LogP contribution in [0.4, 0.5) is 11.5 Å². The molecule has 98 valence electrons. The van der Waals surface area contributed by atoms with E-state index in [4.69, 9.17) is 11.6 Å². The zero-order chi connectivity index (χ0) is 13.8. The van der Waals surface area contributed by atoms with Crippen LogP contribution in [-0.2, 0) is 0 Å². The van der Waals surface area contributed by atoms with Gasteiger partial charge in [-0.25, -0.2) is 4.98 Å². The fourth-order valence-corrected chi connectivity index (χ4v) is 2.10. The van der Waals surface area contributed by atoms with E-state index in [1.807, 2.05) is 0 Å². The molecule has 19 heavy (non-hydrogen) atoms. The molecule has 0 saturated heterocycles. The van der Waals surface area contributed by atoms with Gasteiger partial charge in [0.05, 0.1) is 16.3 Å². The highest BCUT2D eigenvalue weighted by atomic mass is 79.9. The SMILES string of the molecule is CNc1ncccc1C(=O)Nc1cc(Br)ccc1Cl. The summed E-state index contributed by atoms with van der Waals surface area (Å²) in [5.41, 5.74) is 1.01. The van der Waals surface area contributed by atoms with Crippen LogP contribution >= 0.6 is 27.5 Å². The van der Waals surface area contributed by atoms with Crippen LogP contribution in [0.2, 0.25) is 5.02 Å². The first-order valence-corrected chi connectivity index (χ1v) is 6.68. The van der Waals surface area contributed by atoms with Crippen molar-refractivity contribution in [1.82, 2.24) is 4.98 Å². The number of hydrogen-bond donors (Lipinski definition) is 2. The first kappa shape index (κ1) is 13.8. The predicted octanol–water partition coefficient (Wildman–Crippen LogP) is 3.79. The predicted molar refractivity (Wildman–Crippen MR) is 80.9 cm³/mol. The van der Waals surface area contributed by atoms with Gasteiger partial charge in [0.1, 0.15) is 5.82 Å². The van der Waals surface area contributed by atoms with Gasteiger partial charge in [0.15, 0.2) is 0 Å². The van der Waals surface area contributed by atoms with Gasteiger partial charge < -0.3 is 10.6 Å². The molecule has 6 heteroatoms. The average Bonchev–Trinajstić information content (AvgIpc) is 2.42. The quantitative estimate of drug-likeness (QED) is 0.894. The van der Waals surface area contributed by atoms with E-state index >= 15 is 0 Å². The molecule has 0 fully saturated rings. The molecule has 1 amide bonds. The van der Waals surface area contributed by atoms with Crippen molar-refractivity contribution in [3.8, 4) is 0 Å². The fourth-order valence-electron chi connectivity index (χ4n) is 1.57. The molecule has 0 aliphatic carbocycles. The molecule has 1 aromatic heterocycles. The first-order chi connectivity index (χ1) is 9.11. The summed E-state index contributed by atoms with van der Waals surface area (Å²) in [5, 5.41) is 6.11. The highest BCUT2D eigenvalue weighted by molar-refractivity contribution is 9.10. The number of hydrogen-bond acceptors (Lipinski definition) is 3. The van der Waals surface area contributed by atoms with E-state index in [0.717, 1.165) is 4.47 Å². The minimum absolute atomic E-state index is 0.266. The molecule has 2 N–H and O–H groups in total.